The molecule has 2 aromatic carbocycles. The van der Waals surface area contributed by atoms with Gasteiger partial charge in [0.1, 0.15) is 17.1 Å². The van der Waals surface area contributed by atoms with Crippen molar-refractivity contribution < 1.29 is 9.15 Å². The van der Waals surface area contributed by atoms with Gasteiger partial charge in [0.15, 0.2) is 0 Å². The minimum Gasteiger partial charge on any atom is -0.497 e. The average Bonchev–Trinajstić information content (AvgIpc) is 2.48. The lowest BCUT2D eigenvalue weighted by Crippen LogP contribution is -2.07. The van der Waals surface area contributed by atoms with Crippen LogP contribution >= 0.6 is 0 Å². The second-order valence-electron chi connectivity index (χ2n) is 4.59. The summed E-state index contributed by atoms with van der Waals surface area (Å²) < 4.78 is 10.9. The number of fused-ring (bicyclic) bond motifs is 1. The summed E-state index contributed by atoms with van der Waals surface area (Å²) in [5.74, 6) is 1.27. The Bertz CT molecular complexity index is 817. The Labute approximate surface area is 116 Å². The van der Waals surface area contributed by atoms with E-state index in [9.17, 15) is 4.79 Å². The molecule has 0 radical (unpaired) electrons. The highest BCUT2D eigenvalue weighted by Gasteiger charge is 2.13. The van der Waals surface area contributed by atoms with Gasteiger partial charge in [0, 0.05) is 0 Å². The Morgan fingerprint density at radius 2 is 1.80 bits per heavy atom. The van der Waals surface area contributed by atoms with Crippen molar-refractivity contribution in [2.75, 3.05) is 7.11 Å². The molecule has 0 amide bonds. The summed E-state index contributed by atoms with van der Waals surface area (Å²) in [6.07, 6.45) is 0. The maximum atomic E-state index is 12.7. The van der Waals surface area contributed by atoms with Crippen molar-refractivity contribution in [2.45, 2.75) is 6.92 Å². The van der Waals surface area contributed by atoms with Gasteiger partial charge < -0.3 is 9.15 Å². The van der Waals surface area contributed by atoms with Gasteiger partial charge in [-0.05, 0) is 30.7 Å². The largest absolute Gasteiger partial charge is 0.497 e. The van der Waals surface area contributed by atoms with Crippen molar-refractivity contribution in [1.82, 2.24) is 0 Å². The quantitative estimate of drug-likeness (QED) is 0.708. The van der Waals surface area contributed by atoms with Crippen molar-refractivity contribution in [2.24, 2.45) is 0 Å². The van der Waals surface area contributed by atoms with Gasteiger partial charge in [0.25, 0.3) is 0 Å². The SMILES string of the molecule is COc1ccc2oc(C)c(-c3ccccc3)c(=O)c2c1. The molecule has 20 heavy (non-hydrogen) atoms. The predicted octanol–water partition coefficient (Wildman–Crippen LogP) is 3.78. The molecule has 0 aliphatic rings. The predicted molar refractivity (Wildman–Crippen MR) is 79.2 cm³/mol. The van der Waals surface area contributed by atoms with E-state index in [-0.39, 0.29) is 5.43 Å². The normalized spacial score (nSPS) is 10.7. The zero-order valence-corrected chi connectivity index (χ0v) is 11.3. The van der Waals surface area contributed by atoms with Gasteiger partial charge in [-0.25, -0.2) is 0 Å². The van der Waals surface area contributed by atoms with E-state index in [1.807, 2.05) is 37.3 Å². The minimum absolute atomic E-state index is 0.0335. The Morgan fingerprint density at radius 3 is 2.50 bits per heavy atom. The van der Waals surface area contributed by atoms with Crippen LogP contribution in [0.4, 0.5) is 0 Å². The monoisotopic (exact) mass is 266 g/mol. The van der Waals surface area contributed by atoms with Crippen LogP contribution in [0.1, 0.15) is 5.76 Å². The molecule has 0 aliphatic carbocycles. The molecule has 0 aliphatic heterocycles. The van der Waals surface area contributed by atoms with E-state index in [0.717, 1.165) is 5.56 Å². The summed E-state index contributed by atoms with van der Waals surface area (Å²) in [6, 6.07) is 14.8. The number of hydrogen-bond acceptors (Lipinski definition) is 3. The Hall–Kier alpha value is -2.55. The molecule has 100 valence electrons. The Balaban J connectivity index is 2.36. The highest BCUT2D eigenvalue weighted by Crippen LogP contribution is 2.25. The fraction of sp³-hybridized carbons (Fsp3) is 0.118. The van der Waals surface area contributed by atoms with Crippen molar-refractivity contribution in [1.29, 1.82) is 0 Å². The molecule has 0 atom stereocenters. The van der Waals surface area contributed by atoms with Crippen molar-refractivity contribution in [3.8, 4) is 16.9 Å². The van der Waals surface area contributed by atoms with Gasteiger partial charge in [-0.2, -0.15) is 0 Å². The maximum absolute atomic E-state index is 12.7. The second kappa shape index (κ2) is 4.85. The van der Waals surface area contributed by atoms with Crippen LogP contribution in [0, 0.1) is 6.92 Å². The van der Waals surface area contributed by atoms with Gasteiger partial charge in [-0.1, -0.05) is 30.3 Å². The molecule has 0 bridgehead atoms. The molecule has 0 fully saturated rings. The van der Waals surface area contributed by atoms with Crippen LogP contribution in [0.5, 0.6) is 5.75 Å². The first kappa shape index (κ1) is 12.5. The van der Waals surface area contributed by atoms with Crippen LogP contribution in [0.3, 0.4) is 0 Å². The molecular formula is C17H14O3. The Morgan fingerprint density at radius 1 is 1.05 bits per heavy atom. The average molecular weight is 266 g/mol. The van der Waals surface area contributed by atoms with Gasteiger partial charge in [0.2, 0.25) is 5.43 Å². The molecule has 3 nitrogen and oxygen atoms in total. The molecule has 0 unspecified atom stereocenters. The van der Waals surface area contributed by atoms with Gasteiger partial charge >= 0.3 is 0 Å². The van der Waals surface area contributed by atoms with Crippen LogP contribution in [-0.2, 0) is 0 Å². The lowest BCUT2D eigenvalue weighted by Gasteiger charge is -2.08. The van der Waals surface area contributed by atoms with E-state index in [1.165, 1.54) is 0 Å². The lowest BCUT2D eigenvalue weighted by molar-refractivity contribution is 0.415. The van der Waals surface area contributed by atoms with Gasteiger partial charge in [-0.15, -0.1) is 0 Å². The standard InChI is InChI=1S/C17H14O3/c1-11-16(12-6-4-3-5-7-12)17(18)14-10-13(19-2)8-9-15(14)20-11/h3-10H,1-2H3. The van der Waals surface area contributed by atoms with E-state index in [1.54, 1.807) is 25.3 Å². The molecule has 0 N–H and O–H groups in total. The smallest absolute Gasteiger partial charge is 0.200 e. The summed E-state index contributed by atoms with van der Waals surface area (Å²) in [5, 5.41) is 0.536. The van der Waals surface area contributed by atoms with Crippen molar-refractivity contribution in [3.63, 3.8) is 0 Å². The van der Waals surface area contributed by atoms with Crippen LogP contribution < -0.4 is 10.2 Å². The first-order valence-corrected chi connectivity index (χ1v) is 6.37. The zero-order valence-electron chi connectivity index (χ0n) is 11.3. The third-order valence-electron chi connectivity index (χ3n) is 3.34. The summed E-state index contributed by atoms with van der Waals surface area (Å²) >= 11 is 0. The third-order valence-corrected chi connectivity index (χ3v) is 3.34. The van der Waals surface area contributed by atoms with Crippen LogP contribution in [0.2, 0.25) is 0 Å². The van der Waals surface area contributed by atoms with Crippen molar-refractivity contribution >= 4 is 11.0 Å². The number of aryl methyl sites for hydroxylation is 1. The molecule has 0 saturated carbocycles. The zero-order chi connectivity index (χ0) is 14.1. The number of benzene rings is 2. The molecular weight excluding hydrogens is 252 g/mol. The molecule has 0 saturated heterocycles. The number of ether oxygens (including phenoxy) is 1. The van der Waals surface area contributed by atoms with Crippen LogP contribution in [-0.4, -0.2) is 7.11 Å². The highest BCUT2D eigenvalue weighted by atomic mass is 16.5. The summed E-state index contributed by atoms with van der Waals surface area (Å²) in [5.41, 5.74) is 2.01. The Kier molecular flexibility index (Phi) is 3.03. The third kappa shape index (κ3) is 1.97. The molecule has 0 spiro atoms. The van der Waals surface area contributed by atoms with Crippen LogP contribution in [0.25, 0.3) is 22.1 Å². The molecule has 1 aromatic heterocycles. The number of rotatable bonds is 2. The number of methoxy groups -OCH3 is 1. The molecule has 1 heterocycles. The van der Waals surface area contributed by atoms with Crippen molar-refractivity contribution in [3.05, 3.63) is 64.5 Å². The van der Waals surface area contributed by atoms with Gasteiger partial charge in [0.05, 0.1) is 18.1 Å². The minimum atomic E-state index is -0.0335. The molecule has 3 rings (SSSR count). The first-order valence-electron chi connectivity index (χ1n) is 6.37. The molecule has 3 aromatic rings. The lowest BCUT2D eigenvalue weighted by atomic mass is 10.0. The first-order chi connectivity index (χ1) is 9.70. The van der Waals surface area contributed by atoms with E-state index in [0.29, 0.717) is 28.0 Å². The van der Waals surface area contributed by atoms with E-state index in [2.05, 4.69) is 0 Å². The summed E-state index contributed by atoms with van der Waals surface area (Å²) in [4.78, 5) is 12.7. The topological polar surface area (TPSA) is 39.4 Å². The van der Waals surface area contributed by atoms with Crippen LogP contribution in [0.15, 0.2) is 57.7 Å². The maximum Gasteiger partial charge on any atom is 0.200 e. The highest BCUT2D eigenvalue weighted by molar-refractivity contribution is 5.83. The second-order valence-corrected chi connectivity index (χ2v) is 4.59. The van der Waals surface area contributed by atoms with E-state index in [4.69, 9.17) is 9.15 Å². The van der Waals surface area contributed by atoms with E-state index < -0.39 is 0 Å². The summed E-state index contributed by atoms with van der Waals surface area (Å²) in [6.45, 7) is 1.81. The van der Waals surface area contributed by atoms with E-state index >= 15 is 0 Å². The fourth-order valence-corrected chi connectivity index (χ4v) is 2.35. The van der Waals surface area contributed by atoms with Gasteiger partial charge in [-0.3, -0.25) is 4.79 Å². The molecule has 3 heteroatoms. The fourth-order valence-electron chi connectivity index (χ4n) is 2.35. The number of hydrogen-bond donors (Lipinski definition) is 0. The summed E-state index contributed by atoms with van der Waals surface area (Å²) in [7, 11) is 1.58.